The zero-order chi connectivity index (χ0) is 24.5. The molecule has 0 aliphatic carbocycles. The monoisotopic (exact) mass is 467 g/mol. The Hall–Kier alpha value is -2.57. The van der Waals surface area contributed by atoms with Crippen molar-refractivity contribution in [2.75, 3.05) is 26.8 Å². The van der Waals surface area contributed by atoms with Crippen molar-refractivity contribution < 1.29 is 24.1 Å². The maximum Gasteiger partial charge on any atom is 0.253 e. The Morgan fingerprint density at radius 2 is 1.91 bits per heavy atom. The number of nitrogens with zero attached hydrogens (tertiary/aromatic N) is 1. The molecule has 4 rings (SSSR count). The van der Waals surface area contributed by atoms with Crippen LogP contribution in [-0.4, -0.2) is 54.4 Å². The summed E-state index contributed by atoms with van der Waals surface area (Å²) < 4.78 is 18.4. The van der Waals surface area contributed by atoms with Crippen LogP contribution in [0.25, 0.3) is 0 Å². The Labute approximate surface area is 202 Å². The molecule has 2 heterocycles. The van der Waals surface area contributed by atoms with E-state index in [2.05, 4.69) is 19.9 Å². The molecular formula is C28H37NO5. The van der Waals surface area contributed by atoms with Crippen LogP contribution in [-0.2, 0) is 10.2 Å². The van der Waals surface area contributed by atoms with Gasteiger partial charge in [0.05, 0.1) is 25.9 Å². The van der Waals surface area contributed by atoms with Crippen LogP contribution in [0.4, 0.5) is 0 Å². The minimum Gasteiger partial charge on any atom is -0.496 e. The number of likely N-dealkylation sites (tertiary alicyclic amines) is 1. The fraction of sp³-hybridized carbons (Fsp3) is 0.536. The zero-order valence-corrected chi connectivity index (χ0v) is 21.0. The number of fused-ring (bicyclic) bond motifs is 1. The molecule has 6 nitrogen and oxygen atoms in total. The van der Waals surface area contributed by atoms with E-state index < -0.39 is 5.41 Å². The van der Waals surface area contributed by atoms with Gasteiger partial charge in [0.25, 0.3) is 5.91 Å². The first-order valence-electron chi connectivity index (χ1n) is 12.2. The lowest BCUT2D eigenvalue weighted by molar-refractivity contribution is -0.0872. The van der Waals surface area contributed by atoms with Crippen molar-refractivity contribution >= 4 is 5.91 Å². The van der Waals surface area contributed by atoms with E-state index in [1.807, 2.05) is 49.1 Å². The van der Waals surface area contributed by atoms with Crippen LogP contribution in [0.1, 0.15) is 74.5 Å². The molecule has 2 aromatic carbocycles. The van der Waals surface area contributed by atoms with E-state index in [4.69, 9.17) is 14.2 Å². The number of aliphatic hydroxyl groups excluding tert-OH is 1. The van der Waals surface area contributed by atoms with Gasteiger partial charge in [-0.15, -0.1) is 0 Å². The van der Waals surface area contributed by atoms with Crippen molar-refractivity contribution in [3.63, 3.8) is 0 Å². The van der Waals surface area contributed by atoms with Gasteiger partial charge >= 0.3 is 0 Å². The highest BCUT2D eigenvalue weighted by atomic mass is 16.5. The van der Waals surface area contributed by atoms with Gasteiger partial charge in [-0.3, -0.25) is 4.79 Å². The second kappa shape index (κ2) is 9.59. The van der Waals surface area contributed by atoms with Gasteiger partial charge in [0.15, 0.2) is 0 Å². The summed E-state index contributed by atoms with van der Waals surface area (Å²) in [6.07, 6.45) is 2.45. The Kier molecular flexibility index (Phi) is 6.92. The second-order valence-electron chi connectivity index (χ2n) is 10.4. The quantitative estimate of drug-likeness (QED) is 0.655. The number of benzene rings is 2. The number of hydrogen-bond donors (Lipinski definition) is 1. The largest absolute Gasteiger partial charge is 0.496 e. The fourth-order valence-corrected chi connectivity index (χ4v) is 5.09. The number of piperidine rings is 1. The molecule has 34 heavy (non-hydrogen) atoms. The maximum atomic E-state index is 13.3. The molecule has 0 bridgehead atoms. The van der Waals surface area contributed by atoms with Crippen LogP contribution in [0, 0.1) is 0 Å². The molecule has 184 valence electrons. The van der Waals surface area contributed by atoms with Gasteiger partial charge in [-0.25, -0.2) is 0 Å². The first-order valence-corrected chi connectivity index (χ1v) is 12.2. The average Bonchev–Trinajstić information content (AvgIpc) is 2.83. The highest BCUT2D eigenvalue weighted by Crippen LogP contribution is 2.46. The number of hydrogen-bond acceptors (Lipinski definition) is 5. The van der Waals surface area contributed by atoms with Crippen molar-refractivity contribution in [1.29, 1.82) is 0 Å². The second-order valence-corrected chi connectivity index (χ2v) is 10.4. The number of methoxy groups -OCH3 is 1. The molecule has 0 radical (unpaired) electrons. The van der Waals surface area contributed by atoms with Gasteiger partial charge in [-0.2, -0.15) is 0 Å². The van der Waals surface area contributed by atoms with Crippen molar-refractivity contribution in [2.24, 2.45) is 0 Å². The first-order chi connectivity index (χ1) is 16.2. The van der Waals surface area contributed by atoms with E-state index in [1.165, 1.54) is 0 Å². The van der Waals surface area contributed by atoms with Crippen molar-refractivity contribution in [1.82, 2.24) is 4.90 Å². The third kappa shape index (κ3) is 4.80. The van der Waals surface area contributed by atoms with E-state index in [9.17, 15) is 9.90 Å². The summed E-state index contributed by atoms with van der Waals surface area (Å²) in [5, 5.41) is 9.75. The molecule has 0 unspecified atom stereocenters. The highest BCUT2D eigenvalue weighted by Gasteiger charge is 2.44. The molecule has 1 fully saturated rings. The Balaban J connectivity index is 1.49. The van der Waals surface area contributed by atoms with Crippen LogP contribution >= 0.6 is 0 Å². The number of carbonyl (C=O) groups is 1. The summed E-state index contributed by atoms with van der Waals surface area (Å²) in [4.78, 5) is 15.2. The predicted molar refractivity (Wildman–Crippen MR) is 132 cm³/mol. The van der Waals surface area contributed by atoms with Crippen LogP contribution in [0.15, 0.2) is 42.5 Å². The third-order valence-electron chi connectivity index (χ3n) is 7.12. The number of carbonyl (C=O) groups excluding carboxylic acids is 1. The lowest BCUT2D eigenvalue weighted by Crippen LogP contribution is -2.52. The smallest absolute Gasteiger partial charge is 0.253 e. The molecule has 2 aliphatic heterocycles. The fourth-order valence-electron chi connectivity index (χ4n) is 5.09. The lowest BCUT2D eigenvalue weighted by Gasteiger charge is -2.47. The normalized spacial score (nSPS) is 19.6. The number of rotatable bonds is 6. The van der Waals surface area contributed by atoms with Crippen molar-refractivity contribution in [3.05, 3.63) is 59.2 Å². The van der Waals surface area contributed by atoms with Gasteiger partial charge < -0.3 is 24.2 Å². The molecule has 2 aliphatic rings. The van der Waals surface area contributed by atoms with Crippen LogP contribution in [0.5, 0.6) is 11.5 Å². The van der Waals surface area contributed by atoms with Gasteiger partial charge in [0.2, 0.25) is 0 Å². The number of aliphatic hydroxyl groups is 1. The van der Waals surface area contributed by atoms with Crippen LogP contribution in [0.2, 0.25) is 0 Å². The zero-order valence-electron chi connectivity index (χ0n) is 21.0. The molecule has 1 atom stereocenters. The predicted octanol–water partition coefficient (Wildman–Crippen LogP) is 4.89. The summed E-state index contributed by atoms with van der Waals surface area (Å²) >= 11 is 0. The summed E-state index contributed by atoms with van der Waals surface area (Å²) in [5.41, 5.74) is 1.82. The Bertz CT molecular complexity index is 1020. The first kappa shape index (κ1) is 24.6. The molecule has 6 heteroatoms. The van der Waals surface area contributed by atoms with Crippen molar-refractivity contribution in [3.8, 4) is 11.5 Å². The highest BCUT2D eigenvalue weighted by molar-refractivity contribution is 5.95. The van der Waals surface area contributed by atoms with Gasteiger partial charge in [-0.05, 0) is 32.0 Å². The van der Waals surface area contributed by atoms with E-state index in [0.29, 0.717) is 24.4 Å². The van der Waals surface area contributed by atoms with Crippen molar-refractivity contribution in [2.45, 2.75) is 70.2 Å². The van der Waals surface area contributed by atoms with Crippen LogP contribution in [0.3, 0.4) is 0 Å². The van der Waals surface area contributed by atoms with E-state index in [0.717, 1.165) is 36.1 Å². The number of amides is 1. The summed E-state index contributed by atoms with van der Waals surface area (Å²) in [6, 6.07) is 13.6. The average molecular weight is 468 g/mol. The summed E-state index contributed by atoms with van der Waals surface area (Å²) in [7, 11) is 1.60. The molecule has 0 saturated carbocycles. The molecule has 1 spiro atoms. The van der Waals surface area contributed by atoms with E-state index in [1.54, 1.807) is 13.2 Å². The van der Waals surface area contributed by atoms with Gasteiger partial charge in [0.1, 0.15) is 17.1 Å². The standard InChI is InChI=1S/C28H37NO5/c1-19(2)33-25-17-28(34-23-9-7-6-8-21(23)25)12-14-29(15-13-28)26(31)20-10-11-22(24(16-20)32-5)27(3,4)18-30/h6-11,16,19,25,30H,12-15,17-18H2,1-5H3/t25-/m1/s1. The molecule has 1 N–H and O–H groups in total. The summed E-state index contributed by atoms with van der Waals surface area (Å²) in [5.74, 6) is 1.51. The van der Waals surface area contributed by atoms with E-state index in [-0.39, 0.29) is 30.3 Å². The van der Waals surface area contributed by atoms with E-state index >= 15 is 0 Å². The SMILES string of the molecule is COc1cc(C(=O)N2CCC3(CC2)C[C@@H](OC(C)C)c2ccccc2O3)ccc1C(C)(C)CO. The molecule has 2 aromatic rings. The Morgan fingerprint density at radius 3 is 2.56 bits per heavy atom. The minimum atomic E-state index is -0.451. The molecule has 1 amide bonds. The number of ether oxygens (including phenoxy) is 3. The van der Waals surface area contributed by atoms with Crippen LogP contribution < -0.4 is 9.47 Å². The molecule has 1 saturated heterocycles. The maximum absolute atomic E-state index is 13.3. The third-order valence-corrected chi connectivity index (χ3v) is 7.12. The lowest BCUT2D eigenvalue weighted by atomic mass is 9.81. The number of para-hydroxylation sites is 1. The van der Waals surface area contributed by atoms with Gasteiger partial charge in [0, 0.05) is 54.5 Å². The minimum absolute atomic E-state index is 0.00103. The Morgan fingerprint density at radius 1 is 1.21 bits per heavy atom. The molecule has 0 aromatic heterocycles. The summed E-state index contributed by atoms with van der Waals surface area (Å²) in [6.45, 7) is 9.28. The topological polar surface area (TPSA) is 68.2 Å². The van der Waals surface area contributed by atoms with Gasteiger partial charge in [-0.1, -0.05) is 38.1 Å². The molecular weight excluding hydrogens is 430 g/mol.